The first-order valence-electron chi connectivity index (χ1n) is 2.86. The van der Waals surface area contributed by atoms with Crippen LogP contribution in [0.3, 0.4) is 0 Å². The van der Waals surface area contributed by atoms with E-state index in [1.165, 1.54) is 0 Å². The zero-order valence-electron chi connectivity index (χ0n) is 5.70. The van der Waals surface area contributed by atoms with Gasteiger partial charge in [0.2, 0.25) is 0 Å². The summed E-state index contributed by atoms with van der Waals surface area (Å²) in [5.74, 6) is 0. The minimum atomic E-state index is -4.26. The minimum Gasteiger partial charge on any atom is -0.328 e. The lowest BCUT2D eigenvalue weighted by Gasteiger charge is -2.07. The lowest BCUT2D eigenvalue weighted by atomic mass is 10.2. The van der Waals surface area contributed by atoms with Crippen molar-refractivity contribution in [2.24, 2.45) is 5.73 Å². The highest BCUT2D eigenvalue weighted by Crippen LogP contribution is 2.22. The van der Waals surface area contributed by atoms with Gasteiger partial charge in [-0.05, 0) is 6.42 Å². The second-order valence-electron chi connectivity index (χ2n) is 1.99. The molecule has 0 heterocycles. The summed E-state index contributed by atoms with van der Waals surface area (Å²) in [6.45, 7) is -0.337. The number of nitrogens with two attached hydrogens (primary N) is 1. The Bertz CT molecular complexity index is 95.0. The number of rotatable bonds is 3. The number of hydrogen-bond acceptors (Lipinski definition) is 1. The van der Waals surface area contributed by atoms with E-state index in [-0.39, 0.29) is 19.0 Å². The fourth-order valence-corrected chi connectivity index (χ4v) is 0.438. The number of hydrogen-bond donors (Lipinski definition) is 1. The van der Waals surface area contributed by atoms with Gasteiger partial charge in [0.1, 0.15) is 6.17 Å². The predicted molar refractivity (Wildman–Crippen MR) is 36.5 cm³/mol. The van der Waals surface area contributed by atoms with Gasteiger partial charge >= 0.3 is 6.18 Å². The molecule has 1 nitrogen and oxygen atoms in total. The van der Waals surface area contributed by atoms with Crippen molar-refractivity contribution in [2.75, 3.05) is 6.54 Å². The third-order valence-corrected chi connectivity index (χ3v) is 0.997. The summed E-state index contributed by atoms with van der Waals surface area (Å²) >= 11 is 0. The average molecular weight is 196 g/mol. The van der Waals surface area contributed by atoms with Crippen LogP contribution in [0.1, 0.15) is 12.8 Å². The van der Waals surface area contributed by atoms with E-state index in [1.807, 2.05) is 0 Å². The maximum absolute atomic E-state index is 12.0. The van der Waals surface area contributed by atoms with Gasteiger partial charge < -0.3 is 5.73 Å². The molecule has 1 unspecified atom stereocenters. The van der Waals surface area contributed by atoms with E-state index in [1.54, 1.807) is 0 Å². The highest BCUT2D eigenvalue weighted by atomic mass is 35.5. The molecule has 0 saturated heterocycles. The molecule has 0 aliphatic heterocycles. The summed E-state index contributed by atoms with van der Waals surface area (Å²) < 4.78 is 46.1. The van der Waals surface area contributed by atoms with Crippen LogP contribution < -0.4 is 5.73 Å². The fourth-order valence-electron chi connectivity index (χ4n) is 0.438. The Morgan fingerprint density at radius 2 is 1.73 bits per heavy atom. The number of alkyl halides is 4. The van der Waals surface area contributed by atoms with Crippen LogP contribution >= 0.6 is 12.4 Å². The van der Waals surface area contributed by atoms with Crippen LogP contribution in [0.25, 0.3) is 0 Å². The normalized spacial score (nSPS) is 13.9. The molecular weight excluding hydrogens is 186 g/mol. The van der Waals surface area contributed by atoms with Crippen molar-refractivity contribution in [1.82, 2.24) is 0 Å². The van der Waals surface area contributed by atoms with Crippen molar-refractivity contribution < 1.29 is 17.6 Å². The summed E-state index contributed by atoms with van der Waals surface area (Å²) in [7, 11) is 0. The first kappa shape index (κ1) is 13.6. The minimum absolute atomic E-state index is 0. The van der Waals surface area contributed by atoms with E-state index in [4.69, 9.17) is 5.73 Å². The first-order valence-corrected chi connectivity index (χ1v) is 2.86. The predicted octanol–water partition coefficient (Wildman–Crippen LogP) is 2.05. The van der Waals surface area contributed by atoms with Crippen LogP contribution in [0, 0.1) is 0 Å². The van der Waals surface area contributed by atoms with E-state index in [0.717, 1.165) is 0 Å². The lowest BCUT2D eigenvalue weighted by molar-refractivity contribution is -0.137. The summed E-state index contributed by atoms with van der Waals surface area (Å²) in [5, 5.41) is 0. The molecule has 0 aliphatic carbocycles. The molecule has 2 N–H and O–H groups in total. The Balaban J connectivity index is 0. The molecule has 0 aliphatic rings. The Morgan fingerprint density at radius 1 is 1.27 bits per heavy atom. The first-order chi connectivity index (χ1) is 4.45. The summed E-state index contributed by atoms with van der Waals surface area (Å²) in [5.41, 5.74) is 4.76. The van der Waals surface area contributed by atoms with Gasteiger partial charge in [-0.3, -0.25) is 0 Å². The van der Waals surface area contributed by atoms with Crippen LogP contribution in [0.5, 0.6) is 0 Å². The molecule has 0 saturated carbocycles. The van der Waals surface area contributed by atoms with Gasteiger partial charge in [-0.2, -0.15) is 13.2 Å². The maximum Gasteiger partial charge on any atom is 0.389 e. The molecule has 70 valence electrons. The molecule has 0 aromatic heterocycles. The van der Waals surface area contributed by atoms with Gasteiger partial charge in [0.05, 0.1) is 0 Å². The number of halogens is 5. The van der Waals surface area contributed by atoms with Crippen molar-refractivity contribution in [3.63, 3.8) is 0 Å². The SMILES string of the molecule is Cl.NCC(F)CCC(F)(F)F. The van der Waals surface area contributed by atoms with Crippen molar-refractivity contribution in [1.29, 1.82) is 0 Å². The van der Waals surface area contributed by atoms with E-state index in [0.29, 0.717) is 0 Å². The summed E-state index contributed by atoms with van der Waals surface area (Å²) in [6.07, 6.45) is -7.41. The van der Waals surface area contributed by atoms with Crippen molar-refractivity contribution >= 4 is 12.4 Å². The average Bonchev–Trinajstić information content (AvgIpc) is 1.81. The third-order valence-electron chi connectivity index (χ3n) is 0.997. The molecule has 0 fully saturated rings. The second kappa shape index (κ2) is 5.60. The molecule has 1 atom stereocenters. The zero-order valence-corrected chi connectivity index (χ0v) is 6.51. The fraction of sp³-hybridized carbons (Fsp3) is 1.00. The standard InChI is InChI=1S/C5H9F4N.ClH/c6-4(3-10)1-2-5(7,8)9;/h4H,1-3,10H2;1H. The summed E-state index contributed by atoms with van der Waals surface area (Å²) in [4.78, 5) is 0. The molecule has 0 aromatic carbocycles. The molecule has 0 rings (SSSR count). The third kappa shape index (κ3) is 9.97. The Kier molecular flexibility index (Phi) is 6.90. The molecule has 0 radical (unpaired) electrons. The van der Waals surface area contributed by atoms with Crippen molar-refractivity contribution in [3.05, 3.63) is 0 Å². The Labute approximate surface area is 68.4 Å². The van der Waals surface area contributed by atoms with Crippen LogP contribution in [0.4, 0.5) is 17.6 Å². The van der Waals surface area contributed by atoms with Crippen molar-refractivity contribution in [2.45, 2.75) is 25.2 Å². The van der Waals surface area contributed by atoms with Crippen LogP contribution in [-0.2, 0) is 0 Å². The molecule has 11 heavy (non-hydrogen) atoms. The molecular formula is C5H10ClF4N. The van der Waals surface area contributed by atoms with Gasteiger partial charge in [-0.15, -0.1) is 12.4 Å². The molecule has 6 heteroatoms. The molecule has 0 bridgehead atoms. The highest BCUT2D eigenvalue weighted by molar-refractivity contribution is 5.85. The Morgan fingerprint density at radius 3 is 2.00 bits per heavy atom. The van der Waals surface area contributed by atoms with E-state index >= 15 is 0 Å². The Hall–Kier alpha value is -0.0300. The molecule has 0 amide bonds. The van der Waals surface area contributed by atoms with E-state index < -0.39 is 25.2 Å². The van der Waals surface area contributed by atoms with Crippen LogP contribution in [0.15, 0.2) is 0 Å². The maximum atomic E-state index is 12.0. The quantitative estimate of drug-likeness (QED) is 0.686. The topological polar surface area (TPSA) is 26.0 Å². The van der Waals surface area contributed by atoms with E-state index in [2.05, 4.69) is 0 Å². The van der Waals surface area contributed by atoms with Crippen LogP contribution in [0.2, 0.25) is 0 Å². The van der Waals surface area contributed by atoms with E-state index in [9.17, 15) is 17.6 Å². The zero-order chi connectivity index (χ0) is 8.20. The van der Waals surface area contributed by atoms with Gasteiger partial charge in [-0.25, -0.2) is 4.39 Å². The van der Waals surface area contributed by atoms with Crippen LogP contribution in [-0.4, -0.2) is 18.9 Å². The largest absolute Gasteiger partial charge is 0.389 e. The van der Waals surface area contributed by atoms with Gasteiger partial charge in [0, 0.05) is 13.0 Å². The van der Waals surface area contributed by atoms with Gasteiger partial charge in [0.25, 0.3) is 0 Å². The summed E-state index contributed by atoms with van der Waals surface area (Å²) in [6, 6.07) is 0. The van der Waals surface area contributed by atoms with Gasteiger partial charge in [0.15, 0.2) is 0 Å². The van der Waals surface area contributed by atoms with Crippen molar-refractivity contribution in [3.8, 4) is 0 Å². The monoisotopic (exact) mass is 195 g/mol. The smallest absolute Gasteiger partial charge is 0.328 e. The molecule has 0 spiro atoms. The lowest BCUT2D eigenvalue weighted by Crippen LogP contribution is -2.18. The second-order valence-corrected chi connectivity index (χ2v) is 1.99. The van der Waals surface area contributed by atoms with Gasteiger partial charge in [-0.1, -0.05) is 0 Å². The molecule has 0 aromatic rings. The highest BCUT2D eigenvalue weighted by Gasteiger charge is 2.27.